The molecule has 5 heteroatoms. The Balaban J connectivity index is 3.04. The van der Waals surface area contributed by atoms with Crippen LogP contribution in [0.1, 0.15) is 18.9 Å². The molecular formula is C11H12F3NO. The van der Waals surface area contributed by atoms with Gasteiger partial charge in [0, 0.05) is 19.2 Å². The van der Waals surface area contributed by atoms with Crippen molar-refractivity contribution in [2.24, 2.45) is 0 Å². The van der Waals surface area contributed by atoms with E-state index >= 15 is 0 Å². The highest BCUT2D eigenvalue weighted by atomic mass is 19.4. The largest absolute Gasteiger partial charge is 0.416 e. The number of hydrogen-bond acceptors (Lipinski definition) is 1. The molecule has 0 atom stereocenters. The maximum atomic E-state index is 12.4. The van der Waals surface area contributed by atoms with Gasteiger partial charge in [0.05, 0.1) is 5.56 Å². The number of anilines is 1. The minimum Gasteiger partial charge on any atom is -0.315 e. The number of hydrogen-bond donors (Lipinski definition) is 0. The van der Waals surface area contributed by atoms with Crippen LogP contribution in [0, 0.1) is 0 Å². The molecule has 0 spiro atoms. The van der Waals surface area contributed by atoms with E-state index in [9.17, 15) is 18.0 Å². The van der Waals surface area contributed by atoms with Gasteiger partial charge in [0.2, 0.25) is 5.91 Å². The quantitative estimate of drug-likeness (QED) is 0.766. The zero-order chi connectivity index (χ0) is 12.3. The van der Waals surface area contributed by atoms with Crippen molar-refractivity contribution in [3.63, 3.8) is 0 Å². The molecule has 0 heterocycles. The van der Waals surface area contributed by atoms with Gasteiger partial charge in [-0.25, -0.2) is 0 Å². The van der Waals surface area contributed by atoms with Crippen molar-refractivity contribution in [1.82, 2.24) is 0 Å². The van der Waals surface area contributed by atoms with E-state index in [2.05, 4.69) is 0 Å². The van der Waals surface area contributed by atoms with E-state index in [0.29, 0.717) is 0 Å². The summed E-state index contributed by atoms with van der Waals surface area (Å²) in [5, 5.41) is 0. The molecule has 0 bridgehead atoms. The second-order valence-corrected chi connectivity index (χ2v) is 3.35. The molecule has 1 aromatic rings. The van der Waals surface area contributed by atoms with Crippen LogP contribution < -0.4 is 4.90 Å². The molecule has 2 nitrogen and oxygen atoms in total. The molecule has 0 unspecified atom stereocenters. The van der Waals surface area contributed by atoms with Gasteiger partial charge in [0.1, 0.15) is 0 Å². The van der Waals surface area contributed by atoms with E-state index in [-0.39, 0.29) is 18.0 Å². The molecule has 1 amide bonds. The summed E-state index contributed by atoms with van der Waals surface area (Å²) in [7, 11) is 1.46. The molecule has 1 rings (SSSR count). The third-order valence-corrected chi connectivity index (χ3v) is 2.24. The maximum Gasteiger partial charge on any atom is 0.416 e. The Bertz CT molecular complexity index is 387. The van der Waals surface area contributed by atoms with E-state index in [4.69, 9.17) is 0 Å². The molecule has 0 aliphatic rings. The van der Waals surface area contributed by atoms with E-state index in [1.807, 2.05) is 0 Å². The van der Waals surface area contributed by atoms with Crippen LogP contribution in [0.2, 0.25) is 0 Å². The van der Waals surface area contributed by atoms with E-state index in [0.717, 1.165) is 12.1 Å². The molecule has 0 aliphatic carbocycles. The van der Waals surface area contributed by atoms with Crippen molar-refractivity contribution in [1.29, 1.82) is 0 Å². The lowest BCUT2D eigenvalue weighted by atomic mass is 10.2. The highest BCUT2D eigenvalue weighted by Gasteiger charge is 2.30. The average Bonchev–Trinajstić information content (AvgIpc) is 2.26. The number of carbonyl (C=O) groups excluding carboxylic acids is 1. The highest BCUT2D eigenvalue weighted by molar-refractivity contribution is 5.92. The predicted molar refractivity (Wildman–Crippen MR) is 55.1 cm³/mol. The van der Waals surface area contributed by atoms with Crippen molar-refractivity contribution in [3.8, 4) is 0 Å². The Morgan fingerprint density at radius 2 is 2.00 bits per heavy atom. The zero-order valence-electron chi connectivity index (χ0n) is 9.01. The molecule has 0 radical (unpaired) electrons. The molecule has 0 aromatic heterocycles. The van der Waals surface area contributed by atoms with Crippen LogP contribution in [-0.2, 0) is 11.0 Å². The Morgan fingerprint density at radius 3 is 2.50 bits per heavy atom. The summed E-state index contributed by atoms with van der Waals surface area (Å²) in [6, 6.07) is 4.71. The summed E-state index contributed by atoms with van der Waals surface area (Å²) in [6.07, 6.45) is -4.13. The fourth-order valence-electron chi connectivity index (χ4n) is 1.27. The molecule has 0 saturated heterocycles. The summed E-state index contributed by atoms with van der Waals surface area (Å²) in [6.45, 7) is 1.66. The SMILES string of the molecule is CCC(=O)N(C)c1cccc(C(F)(F)F)c1. The lowest BCUT2D eigenvalue weighted by molar-refractivity contribution is -0.137. The van der Waals surface area contributed by atoms with Crippen LogP contribution in [0.3, 0.4) is 0 Å². The van der Waals surface area contributed by atoms with Gasteiger partial charge in [-0.15, -0.1) is 0 Å². The molecular weight excluding hydrogens is 219 g/mol. The fraction of sp³-hybridized carbons (Fsp3) is 0.364. The average molecular weight is 231 g/mol. The lowest BCUT2D eigenvalue weighted by Gasteiger charge is -2.17. The van der Waals surface area contributed by atoms with Crippen LogP contribution >= 0.6 is 0 Å². The molecule has 0 N–H and O–H groups in total. The van der Waals surface area contributed by atoms with Gasteiger partial charge in [0.25, 0.3) is 0 Å². The van der Waals surface area contributed by atoms with Crippen LogP contribution in [0.5, 0.6) is 0 Å². The Kier molecular flexibility index (Phi) is 3.57. The number of rotatable bonds is 2. The minimum absolute atomic E-state index is 0.223. The molecule has 16 heavy (non-hydrogen) atoms. The summed E-state index contributed by atoms with van der Waals surface area (Å²) >= 11 is 0. The topological polar surface area (TPSA) is 20.3 Å². The van der Waals surface area contributed by atoms with Crippen molar-refractivity contribution < 1.29 is 18.0 Å². The first-order chi connectivity index (χ1) is 7.36. The lowest BCUT2D eigenvalue weighted by Crippen LogP contribution is -2.25. The van der Waals surface area contributed by atoms with Gasteiger partial charge in [0.15, 0.2) is 0 Å². The van der Waals surface area contributed by atoms with Crippen molar-refractivity contribution in [2.45, 2.75) is 19.5 Å². The van der Waals surface area contributed by atoms with Gasteiger partial charge in [-0.3, -0.25) is 4.79 Å². The second kappa shape index (κ2) is 4.55. The summed E-state index contributed by atoms with van der Waals surface area (Å²) in [4.78, 5) is 12.5. The molecule has 88 valence electrons. The van der Waals surface area contributed by atoms with Crippen molar-refractivity contribution >= 4 is 11.6 Å². The number of nitrogens with zero attached hydrogens (tertiary/aromatic N) is 1. The summed E-state index contributed by atoms with van der Waals surface area (Å²) in [5.41, 5.74) is -0.498. The number of halogens is 3. The highest BCUT2D eigenvalue weighted by Crippen LogP contribution is 2.31. The van der Waals surface area contributed by atoms with E-state index < -0.39 is 11.7 Å². The minimum atomic E-state index is -4.38. The van der Waals surface area contributed by atoms with Gasteiger partial charge in [-0.2, -0.15) is 13.2 Å². The van der Waals surface area contributed by atoms with Gasteiger partial charge in [-0.05, 0) is 18.2 Å². The second-order valence-electron chi connectivity index (χ2n) is 3.35. The molecule has 0 saturated carbocycles. The standard InChI is InChI=1S/C11H12F3NO/c1-3-10(16)15(2)9-6-4-5-8(7-9)11(12,13)14/h4-7H,3H2,1-2H3. The monoisotopic (exact) mass is 231 g/mol. The van der Waals surface area contributed by atoms with E-state index in [1.54, 1.807) is 6.92 Å². The van der Waals surface area contributed by atoms with E-state index in [1.165, 1.54) is 24.1 Å². The third kappa shape index (κ3) is 2.74. The summed E-state index contributed by atoms with van der Waals surface area (Å²) in [5.74, 6) is -0.223. The van der Waals surface area contributed by atoms with Crippen molar-refractivity contribution in [2.75, 3.05) is 11.9 Å². The molecule has 0 aliphatic heterocycles. The van der Waals surface area contributed by atoms with Crippen LogP contribution in [-0.4, -0.2) is 13.0 Å². The Morgan fingerprint density at radius 1 is 1.38 bits per heavy atom. The number of alkyl halides is 3. The maximum absolute atomic E-state index is 12.4. The number of benzene rings is 1. The van der Waals surface area contributed by atoms with Gasteiger partial charge >= 0.3 is 6.18 Å². The number of carbonyl (C=O) groups is 1. The third-order valence-electron chi connectivity index (χ3n) is 2.24. The van der Waals surface area contributed by atoms with Gasteiger partial charge in [-0.1, -0.05) is 13.0 Å². The zero-order valence-corrected chi connectivity index (χ0v) is 9.01. The smallest absolute Gasteiger partial charge is 0.315 e. The first-order valence-electron chi connectivity index (χ1n) is 4.80. The Hall–Kier alpha value is -1.52. The number of amides is 1. The normalized spacial score (nSPS) is 11.3. The first-order valence-corrected chi connectivity index (χ1v) is 4.80. The van der Waals surface area contributed by atoms with Crippen molar-refractivity contribution in [3.05, 3.63) is 29.8 Å². The van der Waals surface area contributed by atoms with Crippen LogP contribution in [0.4, 0.5) is 18.9 Å². The predicted octanol–water partition coefficient (Wildman–Crippen LogP) is 3.08. The van der Waals surface area contributed by atoms with Gasteiger partial charge < -0.3 is 4.90 Å². The summed E-state index contributed by atoms with van der Waals surface area (Å²) < 4.78 is 37.2. The fourth-order valence-corrected chi connectivity index (χ4v) is 1.27. The first kappa shape index (κ1) is 12.5. The Labute approximate surface area is 91.7 Å². The van der Waals surface area contributed by atoms with Crippen LogP contribution in [0.25, 0.3) is 0 Å². The molecule has 1 aromatic carbocycles. The molecule has 0 fully saturated rings. The van der Waals surface area contributed by atoms with Crippen LogP contribution in [0.15, 0.2) is 24.3 Å².